The summed E-state index contributed by atoms with van der Waals surface area (Å²) in [6.07, 6.45) is 0.225. The number of carbonyl (C=O) groups is 1. The number of fused-ring (bicyclic) bond motifs is 1. The van der Waals surface area contributed by atoms with E-state index in [0.717, 1.165) is 33.5 Å². The molecular weight excluding hydrogens is 314 g/mol. The minimum absolute atomic E-state index is 0.225. The average Bonchev–Trinajstić information content (AvgIpc) is 2.92. The van der Waals surface area contributed by atoms with Crippen LogP contribution in [0.2, 0.25) is 0 Å². The van der Waals surface area contributed by atoms with Gasteiger partial charge in [0.25, 0.3) is 0 Å². The lowest BCUT2D eigenvalue weighted by Gasteiger charge is -2.19. The standard InChI is InChI=1S/C21H23NO3/c1-21(2,3)25-19(23)13-17-16-7-5-6-8-18(16)22-20(17)14-9-11-15(24-4)12-10-14/h5-12,22H,13H2,1-4H3. The second-order valence-electron chi connectivity index (χ2n) is 7.02. The Morgan fingerprint density at radius 1 is 1.04 bits per heavy atom. The number of ether oxygens (including phenoxy) is 2. The Labute approximate surface area is 147 Å². The first-order valence-corrected chi connectivity index (χ1v) is 8.33. The molecule has 0 atom stereocenters. The van der Waals surface area contributed by atoms with Gasteiger partial charge in [0, 0.05) is 10.9 Å². The zero-order valence-electron chi connectivity index (χ0n) is 15.1. The van der Waals surface area contributed by atoms with Gasteiger partial charge in [-0.25, -0.2) is 0 Å². The van der Waals surface area contributed by atoms with Crippen LogP contribution in [-0.4, -0.2) is 23.7 Å². The molecule has 0 saturated carbocycles. The van der Waals surface area contributed by atoms with E-state index < -0.39 is 5.60 Å². The lowest BCUT2D eigenvalue weighted by molar-refractivity contribution is -0.153. The van der Waals surface area contributed by atoms with Crippen LogP contribution in [0.5, 0.6) is 5.75 Å². The summed E-state index contributed by atoms with van der Waals surface area (Å²) >= 11 is 0. The fraction of sp³-hybridized carbons (Fsp3) is 0.286. The predicted molar refractivity (Wildman–Crippen MR) is 99.8 cm³/mol. The van der Waals surface area contributed by atoms with Gasteiger partial charge in [-0.3, -0.25) is 4.79 Å². The van der Waals surface area contributed by atoms with Crippen LogP contribution in [0, 0.1) is 0 Å². The van der Waals surface area contributed by atoms with Crippen molar-refractivity contribution in [3.63, 3.8) is 0 Å². The smallest absolute Gasteiger partial charge is 0.310 e. The average molecular weight is 337 g/mol. The highest BCUT2D eigenvalue weighted by atomic mass is 16.6. The maximum Gasteiger partial charge on any atom is 0.310 e. The molecule has 0 radical (unpaired) electrons. The Morgan fingerprint density at radius 2 is 1.72 bits per heavy atom. The van der Waals surface area contributed by atoms with Crippen molar-refractivity contribution < 1.29 is 14.3 Å². The number of hydrogen-bond acceptors (Lipinski definition) is 3. The van der Waals surface area contributed by atoms with Gasteiger partial charge in [-0.15, -0.1) is 0 Å². The van der Waals surface area contributed by atoms with Gasteiger partial charge in [0.15, 0.2) is 0 Å². The molecular formula is C21H23NO3. The highest BCUT2D eigenvalue weighted by Gasteiger charge is 2.21. The topological polar surface area (TPSA) is 51.3 Å². The molecule has 0 unspecified atom stereocenters. The van der Waals surface area contributed by atoms with Gasteiger partial charge >= 0.3 is 5.97 Å². The Bertz CT molecular complexity index is 886. The summed E-state index contributed by atoms with van der Waals surface area (Å²) in [5.74, 6) is 0.570. The maximum absolute atomic E-state index is 12.4. The minimum atomic E-state index is -0.497. The van der Waals surface area contributed by atoms with Gasteiger partial charge in [0.1, 0.15) is 11.4 Å². The summed E-state index contributed by atoms with van der Waals surface area (Å²) in [5, 5.41) is 1.04. The van der Waals surface area contributed by atoms with E-state index in [0.29, 0.717) is 0 Å². The molecule has 4 heteroatoms. The number of benzene rings is 2. The van der Waals surface area contributed by atoms with Crippen LogP contribution in [0.25, 0.3) is 22.2 Å². The van der Waals surface area contributed by atoms with E-state index in [1.54, 1.807) is 7.11 Å². The van der Waals surface area contributed by atoms with Crippen molar-refractivity contribution in [1.82, 2.24) is 4.98 Å². The van der Waals surface area contributed by atoms with Gasteiger partial charge in [-0.05, 0) is 62.2 Å². The summed E-state index contributed by atoms with van der Waals surface area (Å²) in [4.78, 5) is 15.8. The molecule has 25 heavy (non-hydrogen) atoms. The quantitative estimate of drug-likeness (QED) is 0.700. The summed E-state index contributed by atoms with van der Waals surface area (Å²) in [5.41, 5.74) is 3.41. The number of para-hydroxylation sites is 1. The molecule has 0 aliphatic carbocycles. The SMILES string of the molecule is COc1ccc(-c2[nH]c3ccccc3c2CC(=O)OC(C)(C)C)cc1. The number of esters is 1. The third kappa shape index (κ3) is 3.85. The Kier molecular flexibility index (Phi) is 4.53. The van der Waals surface area contributed by atoms with Gasteiger partial charge in [-0.1, -0.05) is 18.2 Å². The zero-order chi connectivity index (χ0) is 18.0. The van der Waals surface area contributed by atoms with Crippen molar-refractivity contribution >= 4 is 16.9 Å². The van der Waals surface area contributed by atoms with E-state index in [4.69, 9.17) is 9.47 Å². The second kappa shape index (κ2) is 6.63. The number of methoxy groups -OCH3 is 1. The van der Waals surface area contributed by atoms with Gasteiger partial charge in [0.05, 0.1) is 19.2 Å². The molecule has 1 N–H and O–H groups in total. The molecule has 130 valence electrons. The normalized spacial score (nSPS) is 11.5. The lowest BCUT2D eigenvalue weighted by Crippen LogP contribution is -2.25. The van der Waals surface area contributed by atoms with E-state index in [9.17, 15) is 4.79 Å². The molecule has 0 bridgehead atoms. The first-order chi connectivity index (χ1) is 11.9. The molecule has 0 spiro atoms. The van der Waals surface area contributed by atoms with Crippen molar-refractivity contribution in [2.24, 2.45) is 0 Å². The second-order valence-corrected chi connectivity index (χ2v) is 7.02. The molecule has 1 heterocycles. The van der Waals surface area contributed by atoms with Crippen molar-refractivity contribution in [3.8, 4) is 17.0 Å². The van der Waals surface area contributed by atoms with Gasteiger partial charge in [0.2, 0.25) is 0 Å². The van der Waals surface area contributed by atoms with E-state index in [2.05, 4.69) is 4.98 Å². The molecule has 2 aromatic carbocycles. The molecule has 0 amide bonds. The number of H-pyrrole nitrogens is 1. The Balaban J connectivity index is 2.04. The summed E-state index contributed by atoms with van der Waals surface area (Å²) < 4.78 is 10.7. The first kappa shape index (κ1) is 17.1. The molecule has 0 saturated heterocycles. The number of aromatic nitrogens is 1. The lowest BCUT2D eigenvalue weighted by atomic mass is 10.0. The van der Waals surface area contributed by atoms with Crippen LogP contribution in [0.4, 0.5) is 0 Å². The number of aromatic amines is 1. The van der Waals surface area contributed by atoms with Crippen molar-refractivity contribution in [3.05, 3.63) is 54.1 Å². The zero-order valence-corrected chi connectivity index (χ0v) is 15.1. The van der Waals surface area contributed by atoms with E-state index in [1.165, 1.54) is 0 Å². The Hall–Kier alpha value is -2.75. The highest BCUT2D eigenvalue weighted by molar-refractivity contribution is 5.94. The van der Waals surface area contributed by atoms with Crippen LogP contribution in [0.3, 0.4) is 0 Å². The van der Waals surface area contributed by atoms with Crippen molar-refractivity contribution in [1.29, 1.82) is 0 Å². The number of carbonyl (C=O) groups excluding carboxylic acids is 1. The van der Waals surface area contributed by atoms with Crippen LogP contribution in [0.15, 0.2) is 48.5 Å². The van der Waals surface area contributed by atoms with Crippen LogP contribution in [-0.2, 0) is 16.0 Å². The summed E-state index contributed by atoms with van der Waals surface area (Å²) in [6.45, 7) is 5.64. The third-order valence-electron chi connectivity index (χ3n) is 3.93. The third-order valence-corrected chi connectivity index (χ3v) is 3.93. The van der Waals surface area contributed by atoms with Crippen molar-refractivity contribution in [2.45, 2.75) is 32.8 Å². The molecule has 0 fully saturated rings. The predicted octanol–water partition coefficient (Wildman–Crippen LogP) is 4.73. The fourth-order valence-electron chi connectivity index (χ4n) is 2.91. The fourth-order valence-corrected chi connectivity index (χ4v) is 2.91. The van der Waals surface area contributed by atoms with Crippen molar-refractivity contribution in [2.75, 3.05) is 7.11 Å². The van der Waals surface area contributed by atoms with E-state index >= 15 is 0 Å². The summed E-state index contributed by atoms with van der Waals surface area (Å²) in [7, 11) is 1.64. The molecule has 0 aliphatic heterocycles. The van der Waals surface area contributed by atoms with Crippen LogP contribution in [0.1, 0.15) is 26.3 Å². The molecule has 1 aromatic heterocycles. The Morgan fingerprint density at radius 3 is 2.36 bits per heavy atom. The van der Waals surface area contributed by atoms with Gasteiger partial charge < -0.3 is 14.5 Å². The molecule has 3 rings (SSSR count). The number of nitrogens with one attached hydrogen (secondary N) is 1. The molecule has 0 aliphatic rings. The van der Waals surface area contributed by atoms with Gasteiger partial charge in [-0.2, -0.15) is 0 Å². The van der Waals surface area contributed by atoms with Crippen LogP contribution >= 0.6 is 0 Å². The monoisotopic (exact) mass is 337 g/mol. The minimum Gasteiger partial charge on any atom is -0.497 e. The van der Waals surface area contributed by atoms with E-state index in [1.807, 2.05) is 69.3 Å². The molecule has 3 aromatic rings. The maximum atomic E-state index is 12.4. The number of hydrogen-bond donors (Lipinski definition) is 1. The van der Waals surface area contributed by atoms with E-state index in [-0.39, 0.29) is 12.4 Å². The summed E-state index contributed by atoms with van der Waals surface area (Å²) in [6, 6.07) is 15.8. The molecule has 4 nitrogen and oxygen atoms in total. The first-order valence-electron chi connectivity index (χ1n) is 8.33. The largest absolute Gasteiger partial charge is 0.497 e. The van der Waals surface area contributed by atoms with Crippen LogP contribution < -0.4 is 4.74 Å². The number of rotatable bonds is 4. The highest BCUT2D eigenvalue weighted by Crippen LogP contribution is 2.32.